The normalized spacial score (nSPS) is 9.94. The number of carbonyl (C=O) groups is 1. The summed E-state index contributed by atoms with van der Waals surface area (Å²) in [6.07, 6.45) is 5.31. The van der Waals surface area contributed by atoms with Gasteiger partial charge in [-0.05, 0) is 39.7 Å². The number of amides is 1. The molecule has 0 fully saturated rings. The number of hydrogen-bond acceptors (Lipinski definition) is 3. The first-order valence-electron chi connectivity index (χ1n) is 5.05. The molecule has 0 bridgehead atoms. The Hall–Kier alpha value is -1.75. The van der Waals surface area contributed by atoms with E-state index in [1.807, 2.05) is 12.1 Å². The molecule has 86 valence electrons. The lowest BCUT2D eigenvalue weighted by molar-refractivity contribution is -0.115. The molecule has 1 N–H and O–H groups in total. The highest BCUT2D eigenvalue weighted by Gasteiger charge is 2.06. The predicted molar refractivity (Wildman–Crippen MR) is 68.5 cm³/mol. The van der Waals surface area contributed by atoms with E-state index >= 15 is 0 Å². The molecule has 2 aromatic rings. The van der Waals surface area contributed by atoms with Crippen molar-refractivity contribution in [3.05, 3.63) is 53.0 Å². The first-order chi connectivity index (χ1) is 8.25. The largest absolute Gasteiger partial charge is 0.323 e. The van der Waals surface area contributed by atoms with Gasteiger partial charge >= 0.3 is 0 Å². The van der Waals surface area contributed by atoms with Gasteiger partial charge in [-0.15, -0.1) is 0 Å². The number of nitrogens with one attached hydrogen (secondary N) is 1. The highest BCUT2D eigenvalue weighted by atomic mass is 79.9. The SMILES string of the molecule is O=C(Cc1cccnc1)Nc1cccnc1Br. The van der Waals surface area contributed by atoms with Gasteiger partial charge in [0.25, 0.3) is 0 Å². The van der Waals surface area contributed by atoms with Crippen LogP contribution in [0.2, 0.25) is 0 Å². The Balaban J connectivity index is 2.01. The van der Waals surface area contributed by atoms with Crippen LogP contribution in [0.15, 0.2) is 47.5 Å². The average Bonchev–Trinajstić information content (AvgIpc) is 2.33. The molecule has 0 atom stereocenters. The third-order valence-electron chi connectivity index (χ3n) is 2.12. The minimum Gasteiger partial charge on any atom is -0.323 e. The van der Waals surface area contributed by atoms with E-state index in [-0.39, 0.29) is 5.91 Å². The van der Waals surface area contributed by atoms with Gasteiger partial charge in [0.2, 0.25) is 5.91 Å². The molecule has 5 heteroatoms. The molecular weight excluding hydrogens is 282 g/mol. The number of pyridine rings is 2. The van der Waals surface area contributed by atoms with Crippen molar-refractivity contribution in [2.24, 2.45) is 0 Å². The van der Waals surface area contributed by atoms with E-state index in [4.69, 9.17) is 0 Å². The van der Waals surface area contributed by atoms with Crippen LogP contribution in [0.1, 0.15) is 5.56 Å². The van der Waals surface area contributed by atoms with E-state index in [0.717, 1.165) is 5.56 Å². The summed E-state index contributed by atoms with van der Waals surface area (Å²) < 4.78 is 0.625. The van der Waals surface area contributed by atoms with Crippen LogP contribution >= 0.6 is 15.9 Å². The summed E-state index contributed by atoms with van der Waals surface area (Å²) in [7, 11) is 0. The number of hydrogen-bond donors (Lipinski definition) is 1. The molecule has 0 unspecified atom stereocenters. The van der Waals surface area contributed by atoms with Gasteiger partial charge in [-0.2, -0.15) is 0 Å². The maximum atomic E-state index is 11.7. The lowest BCUT2D eigenvalue weighted by Crippen LogP contribution is -2.15. The lowest BCUT2D eigenvalue weighted by atomic mass is 10.2. The summed E-state index contributed by atoms with van der Waals surface area (Å²) in [6, 6.07) is 7.23. The van der Waals surface area contributed by atoms with Crippen molar-refractivity contribution < 1.29 is 4.79 Å². The Morgan fingerprint density at radius 3 is 2.82 bits per heavy atom. The molecular formula is C12H10BrN3O. The fourth-order valence-corrected chi connectivity index (χ4v) is 1.71. The van der Waals surface area contributed by atoms with Crippen molar-refractivity contribution in [2.75, 3.05) is 5.32 Å². The van der Waals surface area contributed by atoms with Crippen LogP contribution in [0.25, 0.3) is 0 Å². The quantitative estimate of drug-likeness (QED) is 0.884. The van der Waals surface area contributed by atoms with Gasteiger partial charge in [0.05, 0.1) is 12.1 Å². The number of rotatable bonds is 3. The minimum atomic E-state index is -0.0910. The summed E-state index contributed by atoms with van der Waals surface area (Å²) in [6.45, 7) is 0. The van der Waals surface area contributed by atoms with Gasteiger partial charge < -0.3 is 5.32 Å². The van der Waals surface area contributed by atoms with Crippen molar-refractivity contribution in [1.82, 2.24) is 9.97 Å². The van der Waals surface area contributed by atoms with Gasteiger partial charge in [-0.25, -0.2) is 4.98 Å². The second kappa shape index (κ2) is 5.54. The standard InChI is InChI=1S/C12H10BrN3O/c13-12-10(4-2-6-15-12)16-11(17)7-9-3-1-5-14-8-9/h1-6,8H,7H2,(H,16,17). The predicted octanol–water partition coefficient (Wildman–Crippen LogP) is 2.42. The zero-order valence-electron chi connectivity index (χ0n) is 8.93. The molecule has 0 aromatic carbocycles. The first kappa shape index (κ1) is 11.7. The van der Waals surface area contributed by atoms with E-state index in [0.29, 0.717) is 16.7 Å². The topological polar surface area (TPSA) is 54.9 Å². The van der Waals surface area contributed by atoms with Crippen LogP contribution in [0.3, 0.4) is 0 Å². The Bertz CT molecular complexity index is 516. The molecule has 0 saturated heterocycles. The lowest BCUT2D eigenvalue weighted by Gasteiger charge is -2.06. The molecule has 0 saturated carbocycles. The summed E-state index contributed by atoms with van der Waals surface area (Å²) in [5, 5.41) is 2.78. The van der Waals surface area contributed by atoms with Crippen molar-refractivity contribution in [3.8, 4) is 0 Å². The smallest absolute Gasteiger partial charge is 0.228 e. The molecule has 0 spiro atoms. The van der Waals surface area contributed by atoms with E-state index in [1.165, 1.54) is 0 Å². The minimum absolute atomic E-state index is 0.0910. The molecule has 2 aromatic heterocycles. The fraction of sp³-hybridized carbons (Fsp3) is 0.0833. The van der Waals surface area contributed by atoms with Gasteiger partial charge in [0.15, 0.2) is 0 Å². The van der Waals surface area contributed by atoms with Crippen molar-refractivity contribution >= 4 is 27.5 Å². The molecule has 0 aliphatic carbocycles. The summed E-state index contributed by atoms with van der Waals surface area (Å²) >= 11 is 3.27. The van der Waals surface area contributed by atoms with Crippen LogP contribution in [-0.2, 0) is 11.2 Å². The van der Waals surface area contributed by atoms with Crippen LogP contribution in [0, 0.1) is 0 Å². The van der Waals surface area contributed by atoms with Gasteiger partial charge in [0.1, 0.15) is 4.60 Å². The van der Waals surface area contributed by atoms with E-state index < -0.39 is 0 Å². The molecule has 17 heavy (non-hydrogen) atoms. The highest BCUT2D eigenvalue weighted by molar-refractivity contribution is 9.10. The van der Waals surface area contributed by atoms with E-state index in [2.05, 4.69) is 31.2 Å². The molecule has 0 aliphatic heterocycles. The van der Waals surface area contributed by atoms with Crippen molar-refractivity contribution in [1.29, 1.82) is 0 Å². The number of anilines is 1. The van der Waals surface area contributed by atoms with Crippen LogP contribution in [0.5, 0.6) is 0 Å². The Morgan fingerprint density at radius 2 is 2.12 bits per heavy atom. The fourth-order valence-electron chi connectivity index (χ4n) is 1.36. The average molecular weight is 292 g/mol. The maximum absolute atomic E-state index is 11.7. The molecule has 0 aliphatic rings. The molecule has 4 nitrogen and oxygen atoms in total. The van der Waals surface area contributed by atoms with E-state index in [1.54, 1.807) is 30.7 Å². The van der Waals surface area contributed by atoms with Gasteiger partial charge in [-0.1, -0.05) is 6.07 Å². The van der Waals surface area contributed by atoms with Crippen molar-refractivity contribution in [3.63, 3.8) is 0 Å². The maximum Gasteiger partial charge on any atom is 0.228 e. The monoisotopic (exact) mass is 291 g/mol. The zero-order chi connectivity index (χ0) is 12.1. The molecule has 2 heterocycles. The third-order valence-corrected chi connectivity index (χ3v) is 2.75. The molecule has 1 amide bonds. The first-order valence-corrected chi connectivity index (χ1v) is 5.84. The molecule has 2 rings (SSSR count). The second-order valence-electron chi connectivity index (χ2n) is 3.43. The Labute approximate surface area is 107 Å². The second-order valence-corrected chi connectivity index (χ2v) is 4.18. The number of halogens is 1. The summed E-state index contributed by atoms with van der Waals surface area (Å²) in [5.41, 5.74) is 1.55. The summed E-state index contributed by atoms with van der Waals surface area (Å²) in [5.74, 6) is -0.0910. The van der Waals surface area contributed by atoms with Gasteiger partial charge in [0, 0.05) is 18.6 Å². The Morgan fingerprint density at radius 1 is 1.29 bits per heavy atom. The number of nitrogens with zero attached hydrogens (tertiary/aromatic N) is 2. The highest BCUT2D eigenvalue weighted by Crippen LogP contribution is 2.18. The van der Waals surface area contributed by atoms with Crippen LogP contribution in [0.4, 0.5) is 5.69 Å². The third kappa shape index (κ3) is 3.35. The van der Waals surface area contributed by atoms with Crippen LogP contribution < -0.4 is 5.32 Å². The molecule has 0 radical (unpaired) electrons. The number of aromatic nitrogens is 2. The van der Waals surface area contributed by atoms with Gasteiger partial charge in [-0.3, -0.25) is 9.78 Å². The van der Waals surface area contributed by atoms with Crippen LogP contribution in [-0.4, -0.2) is 15.9 Å². The Kier molecular flexibility index (Phi) is 3.82. The zero-order valence-corrected chi connectivity index (χ0v) is 10.5. The van der Waals surface area contributed by atoms with E-state index in [9.17, 15) is 4.79 Å². The number of carbonyl (C=O) groups excluding carboxylic acids is 1. The van der Waals surface area contributed by atoms with Crippen molar-refractivity contribution in [2.45, 2.75) is 6.42 Å². The summed E-state index contributed by atoms with van der Waals surface area (Å²) in [4.78, 5) is 19.7.